The second-order valence-corrected chi connectivity index (χ2v) is 8.35. The standard InChI is InChI=1S/C23H24N4O7/c1-11(22(31)32)24-21(30)17-10-14-13-9-12(28)4-5-15(13)26-20(14)16(25-17)6-7-19(29)27-8-2-3-18(27)23(33)34/h4-5,9-11,18,26,28H,2-3,6-8H2,1H3,(H,24,30)(H,31,32)(H,33,34). The summed E-state index contributed by atoms with van der Waals surface area (Å²) in [6.45, 7) is 1.71. The van der Waals surface area contributed by atoms with E-state index in [2.05, 4.69) is 15.3 Å². The zero-order valence-corrected chi connectivity index (χ0v) is 18.4. The fraction of sp³-hybridized carbons (Fsp3) is 0.348. The summed E-state index contributed by atoms with van der Waals surface area (Å²) in [5.41, 5.74) is 1.63. The molecule has 2 unspecified atom stereocenters. The number of aliphatic carboxylic acids is 2. The molecule has 1 aromatic carbocycles. The quantitative estimate of drug-likeness (QED) is 0.348. The van der Waals surface area contributed by atoms with E-state index in [0.29, 0.717) is 46.9 Å². The van der Waals surface area contributed by atoms with Crippen molar-refractivity contribution in [1.29, 1.82) is 0 Å². The lowest BCUT2D eigenvalue weighted by Gasteiger charge is -2.21. The lowest BCUT2D eigenvalue weighted by atomic mass is 10.1. The smallest absolute Gasteiger partial charge is 0.326 e. The number of H-pyrrole nitrogens is 1. The molecule has 1 saturated heterocycles. The van der Waals surface area contributed by atoms with Gasteiger partial charge in [-0.3, -0.25) is 14.4 Å². The molecule has 1 aliphatic rings. The third kappa shape index (κ3) is 4.36. The van der Waals surface area contributed by atoms with Crippen molar-refractivity contribution in [2.75, 3.05) is 6.54 Å². The highest BCUT2D eigenvalue weighted by Crippen LogP contribution is 2.31. The van der Waals surface area contributed by atoms with Crippen molar-refractivity contribution >= 4 is 45.6 Å². The number of phenolic OH excluding ortho intramolecular Hbond substituents is 1. The van der Waals surface area contributed by atoms with E-state index in [1.807, 2.05) is 0 Å². The molecular weight excluding hydrogens is 444 g/mol. The van der Waals surface area contributed by atoms with Crippen LogP contribution in [0.1, 0.15) is 42.4 Å². The minimum Gasteiger partial charge on any atom is -0.508 e. The number of carbonyl (C=O) groups is 4. The first-order chi connectivity index (χ1) is 16.2. The number of pyridine rings is 1. The van der Waals surface area contributed by atoms with Gasteiger partial charge in [-0.15, -0.1) is 0 Å². The molecule has 3 heterocycles. The van der Waals surface area contributed by atoms with Gasteiger partial charge in [0.2, 0.25) is 5.91 Å². The van der Waals surface area contributed by atoms with Crippen molar-refractivity contribution < 1.29 is 34.5 Å². The Bertz CT molecular complexity index is 1320. The molecule has 5 N–H and O–H groups in total. The fourth-order valence-corrected chi connectivity index (χ4v) is 4.27. The predicted octanol–water partition coefficient (Wildman–Crippen LogP) is 1.63. The summed E-state index contributed by atoms with van der Waals surface area (Å²) < 4.78 is 0. The summed E-state index contributed by atoms with van der Waals surface area (Å²) in [4.78, 5) is 57.0. The van der Waals surface area contributed by atoms with Crippen LogP contribution in [0.25, 0.3) is 21.8 Å². The number of aromatic nitrogens is 2. The van der Waals surface area contributed by atoms with Crippen LogP contribution < -0.4 is 5.32 Å². The van der Waals surface area contributed by atoms with Gasteiger partial charge < -0.3 is 30.5 Å². The van der Waals surface area contributed by atoms with Crippen LogP contribution >= 0.6 is 0 Å². The minimum absolute atomic E-state index is 0.0108. The number of phenols is 1. The van der Waals surface area contributed by atoms with E-state index in [0.717, 1.165) is 0 Å². The number of carbonyl (C=O) groups excluding carboxylic acids is 2. The van der Waals surface area contributed by atoms with Gasteiger partial charge in [-0.1, -0.05) is 0 Å². The van der Waals surface area contributed by atoms with E-state index in [9.17, 15) is 29.4 Å². The van der Waals surface area contributed by atoms with Gasteiger partial charge in [-0.05, 0) is 44.0 Å². The van der Waals surface area contributed by atoms with Gasteiger partial charge in [0.25, 0.3) is 5.91 Å². The summed E-state index contributed by atoms with van der Waals surface area (Å²) in [6, 6.07) is 4.25. The molecule has 4 rings (SSSR count). The predicted molar refractivity (Wildman–Crippen MR) is 121 cm³/mol. The largest absolute Gasteiger partial charge is 0.508 e. The first-order valence-corrected chi connectivity index (χ1v) is 10.9. The Labute approximate surface area is 193 Å². The molecule has 0 saturated carbocycles. The van der Waals surface area contributed by atoms with Crippen LogP contribution in [0.5, 0.6) is 5.75 Å². The molecule has 0 spiro atoms. The van der Waals surface area contributed by atoms with Crippen molar-refractivity contribution in [1.82, 2.24) is 20.2 Å². The minimum atomic E-state index is -1.20. The number of hydrogen-bond donors (Lipinski definition) is 5. The molecule has 2 aromatic heterocycles. The molecule has 0 bridgehead atoms. The monoisotopic (exact) mass is 468 g/mol. The van der Waals surface area contributed by atoms with Crippen LogP contribution in [0.3, 0.4) is 0 Å². The first kappa shape index (κ1) is 23.0. The maximum Gasteiger partial charge on any atom is 0.326 e. The number of aryl methyl sites for hydroxylation is 1. The van der Waals surface area contributed by atoms with Crippen LogP contribution in [-0.4, -0.2) is 72.6 Å². The zero-order valence-electron chi connectivity index (χ0n) is 18.4. The second-order valence-electron chi connectivity index (χ2n) is 8.35. The third-order valence-corrected chi connectivity index (χ3v) is 6.03. The molecule has 0 radical (unpaired) electrons. The Hall–Kier alpha value is -4.15. The number of nitrogens with zero attached hydrogens (tertiary/aromatic N) is 2. The Morgan fingerprint density at radius 3 is 2.68 bits per heavy atom. The number of nitrogens with one attached hydrogen (secondary N) is 2. The number of carboxylic acid groups (broad SMARTS) is 2. The SMILES string of the molecule is CC(NC(=O)c1cc2c([nH]c3ccc(O)cc32)c(CCC(=O)N2CCCC2C(=O)O)n1)C(=O)O. The van der Waals surface area contributed by atoms with Crippen molar-refractivity contribution in [2.45, 2.75) is 44.7 Å². The summed E-state index contributed by atoms with van der Waals surface area (Å²) in [5, 5.41) is 32.0. The number of aromatic hydroxyl groups is 1. The molecule has 0 aliphatic carbocycles. The number of fused-ring (bicyclic) bond motifs is 3. The Kier molecular flexibility index (Phi) is 6.10. The maximum absolute atomic E-state index is 12.8. The summed E-state index contributed by atoms with van der Waals surface area (Å²) in [6.07, 6.45) is 1.15. The summed E-state index contributed by atoms with van der Waals surface area (Å²) in [5.74, 6) is -3.21. The van der Waals surface area contributed by atoms with Crippen molar-refractivity contribution in [3.63, 3.8) is 0 Å². The molecule has 11 nitrogen and oxygen atoms in total. The number of hydrogen-bond acceptors (Lipinski definition) is 6. The number of likely N-dealkylation sites (tertiary alicyclic amines) is 1. The van der Waals surface area contributed by atoms with Gasteiger partial charge in [0.05, 0.1) is 11.2 Å². The summed E-state index contributed by atoms with van der Waals surface area (Å²) in [7, 11) is 0. The van der Waals surface area contributed by atoms with Crippen molar-refractivity contribution in [2.24, 2.45) is 0 Å². The molecule has 34 heavy (non-hydrogen) atoms. The molecular formula is C23H24N4O7. The van der Waals surface area contributed by atoms with Gasteiger partial charge in [0, 0.05) is 35.7 Å². The molecule has 2 amide bonds. The highest BCUT2D eigenvalue weighted by molar-refractivity contribution is 6.10. The van der Waals surface area contributed by atoms with E-state index < -0.39 is 29.9 Å². The van der Waals surface area contributed by atoms with E-state index in [1.54, 1.807) is 6.07 Å². The topological polar surface area (TPSA) is 173 Å². The number of aromatic amines is 1. The molecule has 178 valence electrons. The molecule has 11 heteroatoms. The normalized spacial score (nSPS) is 16.6. The van der Waals surface area contributed by atoms with Crippen molar-refractivity contribution in [3.8, 4) is 5.75 Å². The highest BCUT2D eigenvalue weighted by Gasteiger charge is 2.33. The van der Waals surface area contributed by atoms with Crippen LogP contribution in [0.4, 0.5) is 0 Å². The molecule has 2 atom stereocenters. The Balaban J connectivity index is 1.70. The van der Waals surface area contributed by atoms with E-state index in [1.165, 1.54) is 30.0 Å². The molecule has 3 aromatic rings. The van der Waals surface area contributed by atoms with Gasteiger partial charge in [-0.25, -0.2) is 9.78 Å². The number of carboxylic acids is 2. The Morgan fingerprint density at radius 2 is 1.97 bits per heavy atom. The van der Waals surface area contributed by atoms with Crippen LogP contribution in [0.2, 0.25) is 0 Å². The van der Waals surface area contributed by atoms with Crippen LogP contribution in [0.15, 0.2) is 24.3 Å². The van der Waals surface area contributed by atoms with Gasteiger partial charge in [-0.2, -0.15) is 0 Å². The fourth-order valence-electron chi connectivity index (χ4n) is 4.27. The Morgan fingerprint density at radius 1 is 1.21 bits per heavy atom. The summed E-state index contributed by atoms with van der Waals surface area (Å²) >= 11 is 0. The van der Waals surface area contributed by atoms with Gasteiger partial charge in [0.1, 0.15) is 23.5 Å². The lowest BCUT2D eigenvalue weighted by molar-refractivity contribution is -0.148. The van der Waals surface area contributed by atoms with Crippen LogP contribution in [-0.2, 0) is 20.8 Å². The number of benzene rings is 1. The lowest BCUT2D eigenvalue weighted by Crippen LogP contribution is -2.40. The van der Waals surface area contributed by atoms with E-state index in [-0.39, 0.29) is 30.2 Å². The molecule has 1 fully saturated rings. The highest BCUT2D eigenvalue weighted by atomic mass is 16.4. The first-order valence-electron chi connectivity index (χ1n) is 10.9. The van der Waals surface area contributed by atoms with Crippen LogP contribution in [0, 0.1) is 0 Å². The van der Waals surface area contributed by atoms with Crippen molar-refractivity contribution in [3.05, 3.63) is 35.7 Å². The van der Waals surface area contributed by atoms with E-state index >= 15 is 0 Å². The second kappa shape index (κ2) is 9.00. The van der Waals surface area contributed by atoms with Gasteiger partial charge in [0.15, 0.2) is 0 Å². The van der Waals surface area contributed by atoms with E-state index in [4.69, 9.17) is 5.11 Å². The zero-order chi connectivity index (χ0) is 24.6. The number of amides is 2. The maximum atomic E-state index is 12.8. The average molecular weight is 468 g/mol. The number of rotatable bonds is 7. The molecule has 1 aliphatic heterocycles. The van der Waals surface area contributed by atoms with Gasteiger partial charge >= 0.3 is 11.9 Å². The average Bonchev–Trinajstić information content (AvgIpc) is 3.42. The third-order valence-electron chi connectivity index (χ3n) is 6.03.